The Kier molecular flexibility index (Phi) is 7.98. The number of nitrogens with zero attached hydrogens (tertiary/aromatic N) is 3. The van der Waals surface area contributed by atoms with Crippen LogP contribution in [-0.2, 0) is 14.8 Å². The predicted octanol–water partition coefficient (Wildman–Crippen LogP) is 2.29. The molecule has 1 aromatic rings. The standard InChI is InChI=1S/C19H29N3O4S.C2H6/c1-15(23)16-5-7-18(8-6-16)27(24,25)22-14-17(13-20(2)3)26-19(22)9-11-21(4)12-10-19;1-2/h5-8,17H,9-14H2,1-4H3;1-2H3. The molecule has 2 aliphatic rings. The van der Waals surface area contributed by atoms with Gasteiger partial charge in [0.1, 0.15) is 5.72 Å². The van der Waals surface area contributed by atoms with E-state index in [9.17, 15) is 13.2 Å². The molecule has 0 bridgehead atoms. The topological polar surface area (TPSA) is 70.2 Å². The third-order valence-electron chi connectivity index (χ3n) is 5.40. The molecule has 0 amide bonds. The van der Waals surface area contributed by atoms with Crippen LogP contribution in [0.3, 0.4) is 0 Å². The Balaban J connectivity index is 0.00000145. The maximum absolute atomic E-state index is 13.4. The first kappa shape index (κ1) is 24.0. The number of ether oxygens (including phenoxy) is 1. The quantitative estimate of drug-likeness (QED) is 0.674. The zero-order valence-electron chi connectivity index (χ0n) is 18.5. The normalized spacial score (nSPS) is 22.5. The molecule has 0 aromatic heterocycles. The molecular weight excluding hydrogens is 390 g/mol. The van der Waals surface area contributed by atoms with Crippen LogP contribution in [0.4, 0.5) is 0 Å². The molecule has 29 heavy (non-hydrogen) atoms. The molecule has 8 heteroatoms. The van der Waals surface area contributed by atoms with E-state index >= 15 is 0 Å². The highest BCUT2D eigenvalue weighted by atomic mass is 32.2. The highest BCUT2D eigenvalue weighted by molar-refractivity contribution is 7.89. The van der Waals surface area contributed by atoms with Crippen LogP contribution >= 0.6 is 0 Å². The maximum Gasteiger partial charge on any atom is 0.245 e. The molecule has 7 nitrogen and oxygen atoms in total. The molecule has 164 valence electrons. The van der Waals surface area contributed by atoms with Crippen LogP contribution in [0.2, 0.25) is 0 Å². The van der Waals surface area contributed by atoms with Crippen LogP contribution in [-0.4, -0.2) is 87.5 Å². The van der Waals surface area contributed by atoms with Gasteiger partial charge in [-0.25, -0.2) is 8.42 Å². The van der Waals surface area contributed by atoms with Gasteiger partial charge in [-0.15, -0.1) is 0 Å². The van der Waals surface area contributed by atoms with E-state index in [0.717, 1.165) is 13.1 Å². The van der Waals surface area contributed by atoms with Crippen molar-refractivity contribution < 1.29 is 17.9 Å². The lowest BCUT2D eigenvalue weighted by molar-refractivity contribution is -0.114. The number of carbonyl (C=O) groups excluding carboxylic acids is 1. The lowest BCUT2D eigenvalue weighted by Gasteiger charge is -2.42. The number of Topliss-reactive ketones (excluding diaryl/α,β-unsaturated/α-hetero) is 1. The molecule has 2 heterocycles. The SMILES string of the molecule is CC.CC(=O)c1ccc(S(=O)(=O)N2CC(CN(C)C)OC23CCN(C)CC3)cc1. The molecule has 3 rings (SSSR count). The monoisotopic (exact) mass is 425 g/mol. The Morgan fingerprint density at radius 2 is 1.72 bits per heavy atom. The molecule has 0 radical (unpaired) electrons. The zero-order valence-corrected chi connectivity index (χ0v) is 19.3. The second-order valence-corrected chi connectivity index (χ2v) is 9.73. The summed E-state index contributed by atoms with van der Waals surface area (Å²) in [6.45, 7) is 8.08. The number of benzene rings is 1. The number of sulfonamides is 1. The van der Waals surface area contributed by atoms with Crippen LogP contribution in [0.25, 0.3) is 0 Å². The fraction of sp³-hybridized carbons (Fsp3) is 0.667. The van der Waals surface area contributed by atoms with Crippen LogP contribution in [0.5, 0.6) is 0 Å². The minimum absolute atomic E-state index is 0.0821. The zero-order chi connectivity index (χ0) is 21.8. The Morgan fingerprint density at radius 3 is 2.21 bits per heavy atom. The Bertz CT molecular complexity index is 785. The van der Waals surface area contributed by atoms with Gasteiger partial charge in [0.25, 0.3) is 0 Å². The number of likely N-dealkylation sites (N-methyl/N-ethyl adjacent to an activating group) is 1. The van der Waals surface area contributed by atoms with Gasteiger partial charge < -0.3 is 14.5 Å². The molecule has 2 saturated heterocycles. The summed E-state index contributed by atoms with van der Waals surface area (Å²) in [5, 5.41) is 0. The number of piperidine rings is 1. The number of ketones is 1. The molecule has 0 aliphatic carbocycles. The van der Waals surface area contributed by atoms with E-state index in [1.165, 1.54) is 19.1 Å². The maximum atomic E-state index is 13.4. The average Bonchev–Trinajstić information content (AvgIpc) is 3.04. The van der Waals surface area contributed by atoms with Crippen molar-refractivity contribution in [2.24, 2.45) is 0 Å². The third-order valence-corrected chi connectivity index (χ3v) is 7.33. The van der Waals surface area contributed by atoms with E-state index in [-0.39, 0.29) is 16.8 Å². The van der Waals surface area contributed by atoms with Crippen LogP contribution in [0.1, 0.15) is 44.0 Å². The summed E-state index contributed by atoms with van der Waals surface area (Å²) in [5.74, 6) is -0.0821. The van der Waals surface area contributed by atoms with E-state index in [1.807, 2.05) is 39.9 Å². The summed E-state index contributed by atoms with van der Waals surface area (Å²) in [6.07, 6.45) is 1.14. The van der Waals surface area contributed by atoms with Crippen molar-refractivity contribution in [2.75, 3.05) is 47.3 Å². The molecular formula is C21H35N3O4S. The second-order valence-electron chi connectivity index (χ2n) is 7.87. The first-order chi connectivity index (χ1) is 13.6. The van der Waals surface area contributed by atoms with Gasteiger partial charge in [0, 0.05) is 44.6 Å². The Labute approximate surface area is 175 Å². The van der Waals surface area contributed by atoms with Gasteiger partial charge in [-0.2, -0.15) is 4.31 Å². The van der Waals surface area contributed by atoms with Crippen molar-refractivity contribution in [3.05, 3.63) is 29.8 Å². The molecule has 0 saturated carbocycles. The van der Waals surface area contributed by atoms with Crippen molar-refractivity contribution >= 4 is 15.8 Å². The Morgan fingerprint density at radius 1 is 1.17 bits per heavy atom. The lowest BCUT2D eigenvalue weighted by atomic mass is 10.0. The first-order valence-corrected chi connectivity index (χ1v) is 11.7. The smallest absolute Gasteiger partial charge is 0.245 e. The van der Waals surface area contributed by atoms with Crippen molar-refractivity contribution in [2.45, 2.75) is 50.3 Å². The fourth-order valence-electron chi connectivity index (χ4n) is 3.90. The first-order valence-electron chi connectivity index (χ1n) is 10.3. The molecule has 2 fully saturated rings. The van der Waals surface area contributed by atoms with Crippen molar-refractivity contribution in [3.63, 3.8) is 0 Å². The van der Waals surface area contributed by atoms with Gasteiger partial charge in [-0.05, 0) is 40.2 Å². The van der Waals surface area contributed by atoms with Gasteiger partial charge >= 0.3 is 0 Å². The van der Waals surface area contributed by atoms with Crippen LogP contribution in [0, 0.1) is 0 Å². The van der Waals surface area contributed by atoms with Gasteiger partial charge in [0.05, 0.1) is 11.0 Å². The molecule has 1 unspecified atom stereocenters. The van der Waals surface area contributed by atoms with Gasteiger partial charge in [-0.3, -0.25) is 4.79 Å². The largest absolute Gasteiger partial charge is 0.353 e. The highest BCUT2D eigenvalue weighted by Crippen LogP contribution is 2.40. The number of rotatable bonds is 5. The number of likely N-dealkylation sites (tertiary alicyclic amines) is 1. The van der Waals surface area contributed by atoms with E-state index in [4.69, 9.17) is 4.74 Å². The minimum Gasteiger partial charge on any atom is -0.353 e. The summed E-state index contributed by atoms with van der Waals surface area (Å²) in [4.78, 5) is 15.9. The molecule has 0 N–H and O–H groups in total. The number of hydrogen-bond acceptors (Lipinski definition) is 6. The van der Waals surface area contributed by atoms with Gasteiger partial charge in [0.2, 0.25) is 10.0 Å². The molecule has 1 atom stereocenters. The summed E-state index contributed by atoms with van der Waals surface area (Å²) in [6, 6.07) is 6.19. The summed E-state index contributed by atoms with van der Waals surface area (Å²) < 4.78 is 34.8. The predicted molar refractivity (Wildman–Crippen MR) is 115 cm³/mol. The summed E-state index contributed by atoms with van der Waals surface area (Å²) in [7, 11) is 2.25. The van der Waals surface area contributed by atoms with E-state index in [1.54, 1.807) is 16.4 Å². The van der Waals surface area contributed by atoms with Crippen molar-refractivity contribution in [1.29, 1.82) is 0 Å². The van der Waals surface area contributed by atoms with Crippen LogP contribution in [0.15, 0.2) is 29.2 Å². The van der Waals surface area contributed by atoms with Crippen LogP contribution < -0.4 is 0 Å². The third kappa shape index (κ3) is 5.24. The number of hydrogen-bond donors (Lipinski definition) is 0. The average molecular weight is 426 g/mol. The highest BCUT2D eigenvalue weighted by Gasteiger charge is 2.53. The molecule has 1 aromatic carbocycles. The van der Waals surface area contributed by atoms with Crippen molar-refractivity contribution in [3.8, 4) is 0 Å². The Hall–Kier alpha value is -1.32. The minimum atomic E-state index is -3.72. The van der Waals surface area contributed by atoms with Gasteiger partial charge in [0.15, 0.2) is 5.78 Å². The fourth-order valence-corrected chi connectivity index (χ4v) is 5.66. The summed E-state index contributed by atoms with van der Waals surface area (Å²) >= 11 is 0. The van der Waals surface area contributed by atoms with E-state index < -0.39 is 15.7 Å². The lowest BCUT2D eigenvalue weighted by Crippen LogP contribution is -2.54. The van der Waals surface area contributed by atoms with E-state index in [2.05, 4.69) is 4.90 Å². The van der Waals surface area contributed by atoms with Crippen molar-refractivity contribution in [1.82, 2.24) is 14.1 Å². The molecule has 2 aliphatic heterocycles. The van der Waals surface area contributed by atoms with Gasteiger partial charge in [-0.1, -0.05) is 26.0 Å². The number of carbonyl (C=O) groups is 1. The summed E-state index contributed by atoms with van der Waals surface area (Å²) in [5.41, 5.74) is -0.281. The van der Waals surface area contributed by atoms with E-state index in [0.29, 0.717) is 31.5 Å². The second kappa shape index (κ2) is 9.66. The molecule has 1 spiro atoms.